The number of carbonyl (C=O) groups is 1. The van der Waals surface area contributed by atoms with Crippen LogP contribution in [0.3, 0.4) is 0 Å². The average molecular weight is 331 g/mol. The summed E-state index contributed by atoms with van der Waals surface area (Å²) in [7, 11) is 0. The van der Waals surface area contributed by atoms with Gasteiger partial charge in [-0.1, -0.05) is 80.5 Å². The summed E-state index contributed by atoms with van der Waals surface area (Å²) >= 11 is 0. The maximum absolute atomic E-state index is 10.3. The number of allylic oxidation sites excluding steroid dienone is 10. The van der Waals surface area contributed by atoms with Crippen LogP contribution in [0, 0.1) is 0 Å². The summed E-state index contributed by atoms with van der Waals surface area (Å²) in [6, 6.07) is 0. The lowest BCUT2D eigenvalue weighted by molar-refractivity contribution is -0.136. The zero-order valence-electron chi connectivity index (χ0n) is 15.2. The topological polar surface area (TPSA) is 37.3 Å². The zero-order valence-corrected chi connectivity index (χ0v) is 15.2. The summed E-state index contributed by atoms with van der Waals surface area (Å²) in [5.74, 6) is -0.739. The Hall–Kier alpha value is -1.83. The van der Waals surface area contributed by atoms with Crippen molar-refractivity contribution in [3.63, 3.8) is 0 Å². The first kappa shape index (κ1) is 22.2. The van der Waals surface area contributed by atoms with Crippen molar-refractivity contribution in [3.05, 3.63) is 60.8 Å². The van der Waals surface area contributed by atoms with E-state index >= 15 is 0 Å². The molecule has 0 aliphatic carbocycles. The van der Waals surface area contributed by atoms with Crippen molar-refractivity contribution in [2.75, 3.05) is 0 Å². The van der Waals surface area contributed by atoms with Crippen molar-refractivity contribution in [1.29, 1.82) is 0 Å². The van der Waals surface area contributed by atoms with Gasteiger partial charge in [0.05, 0.1) is 0 Å². The smallest absolute Gasteiger partial charge is 0.303 e. The van der Waals surface area contributed by atoms with Crippen LogP contribution in [-0.2, 0) is 4.79 Å². The fourth-order valence-corrected chi connectivity index (χ4v) is 2.04. The molecule has 0 aromatic heterocycles. The van der Waals surface area contributed by atoms with Crippen LogP contribution in [0.4, 0.5) is 0 Å². The molecule has 0 spiro atoms. The molecule has 1 N–H and O–H groups in total. The minimum Gasteiger partial charge on any atom is -0.481 e. The number of rotatable bonds is 15. The van der Waals surface area contributed by atoms with Gasteiger partial charge in [0.1, 0.15) is 0 Å². The second kappa shape index (κ2) is 19.2. The lowest BCUT2D eigenvalue weighted by Crippen LogP contribution is -1.91. The molecule has 0 aromatic carbocycles. The molecule has 0 aliphatic heterocycles. The Morgan fingerprint density at radius 2 is 1.08 bits per heavy atom. The molecule has 0 amide bonds. The van der Waals surface area contributed by atoms with Gasteiger partial charge in [-0.25, -0.2) is 0 Å². The Labute approximate surface area is 148 Å². The summed E-state index contributed by atoms with van der Waals surface area (Å²) in [4.78, 5) is 10.3. The van der Waals surface area contributed by atoms with E-state index in [-0.39, 0.29) is 6.42 Å². The zero-order chi connectivity index (χ0) is 17.7. The summed E-state index contributed by atoms with van der Waals surface area (Å²) in [5.41, 5.74) is 0. The SMILES string of the molecule is CCCCC/C=C\C/C=C/C/C=C/C/C=C/C/C=C\CCC(=O)O. The first-order chi connectivity index (χ1) is 11.8. The van der Waals surface area contributed by atoms with Gasteiger partial charge in [-0.05, 0) is 44.9 Å². The van der Waals surface area contributed by atoms with Crippen LogP contribution < -0.4 is 0 Å². The van der Waals surface area contributed by atoms with Gasteiger partial charge in [0.25, 0.3) is 0 Å². The number of hydrogen-bond donors (Lipinski definition) is 1. The fourth-order valence-electron chi connectivity index (χ4n) is 2.04. The predicted octanol–water partition coefficient (Wildman–Crippen LogP) is 6.77. The van der Waals surface area contributed by atoms with Gasteiger partial charge in [0, 0.05) is 6.42 Å². The second-order valence-electron chi connectivity index (χ2n) is 5.73. The minimum absolute atomic E-state index is 0.213. The molecule has 0 fully saturated rings. The van der Waals surface area contributed by atoms with Gasteiger partial charge in [-0.15, -0.1) is 0 Å². The lowest BCUT2D eigenvalue weighted by Gasteiger charge is -1.90. The van der Waals surface area contributed by atoms with E-state index < -0.39 is 5.97 Å². The number of carboxylic acids is 1. The Morgan fingerprint density at radius 1 is 0.667 bits per heavy atom. The molecule has 0 bridgehead atoms. The van der Waals surface area contributed by atoms with Crippen LogP contribution >= 0.6 is 0 Å². The predicted molar refractivity (Wildman–Crippen MR) is 105 cm³/mol. The highest BCUT2D eigenvalue weighted by Crippen LogP contribution is 2.01. The maximum atomic E-state index is 10.3. The normalized spacial score (nSPS) is 12.7. The highest BCUT2D eigenvalue weighted by atomic mass is 16.4. The Kier molecular flexibility index (Phi) is 17.8. The standard InChI is InChI=1S/C22H34O2/c1-2-3-4-5-6-7-8-9-10-11-12-13-14-15-16-17-18-19-20-21-22(23)24/h6-7,9-10,12-13,15-16,18-19H,2-5,8,11,14,17,20-21H2,1H3,(H,23,24)/b7-6-,10-9+,13-12+,16-15+,19-18-. The van der Waals surface area contributed by atoms with Gasteiger partial charge >= 0.3 is 5.97 Å². The molecule has 0 saturated carbocycles. The molecule has 0 rings (SSSR count). The molecule has 0 radical (unpaired) electrons. The molecule has 0 aromatic rings. The average Bonchev–Trinajstić information content (AvgIpc) is 2.56. The van der Waals surface area contributed by atoms with Crippen molar-refractivity contribution in [2.45, 2.75) is 71.1 Å². The van der Waals surface area contributed by atoms with E-state index in [1.165, 1.54) is 25.7 Å². The first-order valence-corrected chi connectivity index (χ1v) is 9.24. The third-order valence-electron chi connectivity index (χ3n) is 3.42. The summed E-state index contributed by atoms with van der Waals surface area (Å²) in [5, 5.41) is 8.49. The Morgan fingerprint density at radius 3 is 1.50 bits per heavy atom. The number of hydrogen-bond acceptors (Lipinski definition) is 1. The Balaban J connectivity index is 3.46. The molecular formula is C22H34O2. The highest BCUT2D eigenvalue weighted by molar-refractivity contribution is 5.66. The van der Waals surface area contributed by atoms with Gasteiger partial charge in [0.2, 0.25) is 0 Å². The molecule has 0 heterocycles. The summed E-state index contributed by atoms with van der Waals surface area (Å²) < 4.78 is 0. The van der Waals surface area contributed by atoms with Crippen LogP contribution in [0.2, 0.25) is 0 Å². The van der Waals surface area contributed by atoms with Crippen LogP contribution in [0.5, 0.6) is 0 Å². The van der Waals surface area contributed by atoms with E-state index in [1.54, 1.807) is 0 Å². The van der Waals surface area contributed by atoms with Gasteiger partial charge in [-0.2, -0.15) is 0 Å². The summed E-state index contributed by atoms with van der Waals surface area (Å²) in [6.07, 6.45) is 31.4. The van der Waals surface area contributed by atoms with Gasteiger partial charge < -0.3 is 5.11 Å². The van der Waals surface area contributed by atoms with E-state index in [4.69, 9.17) is 5.11 Å². The van der Waals surface area contributed by atoms with Crippen LogP contribution in [0.1, 0.15) is 71.1 Å². The van der Waals surface area contributed by atoms with Crippen LogP contribution in [0.15, 0.2) is 60.8 Å². The minimum atomic E-state index is -0.739. The first-order valence-electron chi connectivity index (χ1n) is 9.24. The van der Waals surface area contributed by atoms with E-state index in [1.807, 2.05) is 12.2 Å². The molecule has 0 saturated heterocycles. The molecule has 134 valence electrons. The van der Waals surface area contributed by atoms with Crippen molar-refractivity contribution < 1.29 is 9.90 Å². The third kappa shape index (κ3) is 20.2. The van der Waals surface area contributed by atoms with Crippen LogP contribution in [-0.4, -0.2) is 11.1 Å². The Bertz CT molecular complexity index is 425. The lowest BCUT2D eigenvalue weighted by atomic mass is 10.2. The monoisotopic (exact) mass is 330 g/mol. The van der Waals surface area contributed by atoms with Crippen molar-refractivity contribution >= 4 is 5.97 Å². The largest absolute Gasteiger partial charge is 0.481 e. The third-order valence-corrected chi connectivity index (χ3v) is 3.42. The van der Waals surface area contributed by atoms with Gasteiger partial charge in [0.15, 0.2) is 0 Å². The molecule has 0 unspecified atom stereocenters. The van der Waals surface area contributed by atoms with E-state index in [0.29, 0.717) is 6.42 Å². The van der Waals surface area contributed by atoms with Crippen molar-refractivity contribution in [2.24, 2.45) is 0 Å². The number of carboxylic acid groups (broad SMARTS) is 1. The number of unbranched alkanes of at least 4 members (excludes halogenated alkanes) is 3. The molecule has 24 heavy (non-hydrogen) atoms. The molecule has 0 aliphatic rings. The van der Waals surface area contributed by atoms with E-state index in [2.05, 4.69) is 55.5 Å². The van der Waals surface area contributed by atoms with E-state index in [9.17, 15) is 4.79 Å². The quantitative estimate of drug-likeness (QED) is 0.265. The van der Waals surface area contributed by atoms with Gasteiger partial charge in [-0.3, -0.25) is 4.79 Å². The fraction of sp³-hybridized carbons (Fsp3) is 0.500. The molecular weight excluding hydrogens is 296 g/mol. The summed E-state index contributed by atoms with van der Waals surface area (Å²) in [6.45, 7) is 2.23. The van der Waals surface area contributed by atoms with Crippen molar-refractivity contribution in [1.82, 2.24) is 0 Å². The van der Waals surface area contributed by atoms with Crippen LogP contribution in [0.25, 0.3) is 0 Å². The molecule has 0 atom stereocenters. The highest BCUT2D eigenvalue weighted by Gasteiger charge is 1.90. The molecule has 2 heteroatoms. The van der Waals surface area contributed by atoms with E-state index in [0.717, 1.165) is 25.7 Å². The van der Waals surface area contributed by atoms with Crippen molar-refractivity contribution in [3.8, 4) is 0 Å². The maximum Gasteiger partial charge on any atom is 0.303 e. The second-order valence-corrected chi connectivity index (χ2v) is 5.73. The number of aliphatic carboxylic acids is 1. The molecule has 2 nitrogen and oxygen atoms in total.